The molecular formula is C12H17N3O3S. The molecule has 0 aromatic heterocycles. The Kier molecular flexibility index (Phi) is 3.77. The van der Waals surface area contributed by atoms with Crippen LogP contribution in [0.2, 0.25) is 0 Å². The van der Waals surface area contributed by atoms with E-state index < -0.39 is 9.84 Å². The molecule has 0 spiro atoms. The lowest BCUT2D eigenvalue weighted by Gasteiger charge is -2.27. The summed E-state index contributed by atoms with van der Waals surface area (Å²) in [6.45, 7) is 2.35. The van der Waals surface area contributed by atoms with E-state index in [2.05, 4.69) is 5.43 Å². The monoisotopic (exact) mass is 283 g/mol. The second-order valence-corrected chi connectivity index (χ2v) is 6.92. The van der Waals surface area contributed by atoms with Gasteiger partial charge in [0.15, 0.2) is 9.84 Å². The van der Waals surface area contributed by atoms with Crippen LogP contribution in [0.1, 0.15) is 15.9 Å². The van der Waals surface area contributed by atoms with E-state index in [0.717, 1.165) is 11.3 Å². The Labute approximate surface area is 112 Å². The number of nitrogens with zero attached hydrogens (tertiary/aromatic N) is 1. The van der Waals surface area contributed by atoms with Gasteiger partial charge in [-0.3, -0.25) is 10.6 Å². The minimum absolute atomic E-state index is 0.0419. The van der Waals surface area contributed by atoms with Gasteiger partial charge in [0, 0.05) is 24.3 Å². The number of carbonyl (C=O) groups excluding carboxylic acids is 1. The van der Waals surface area contributed by atoms with Crippen LogP contribution in [0.5, 0.6) is 0 Å². The number of hydrogen-bond acceptors (Lipinski definition) is 5. The number of benzene rings is 1. The molecular weight excluding hydrogens is 266 g/mol. The fourth-order valence-corrected chi connectivity index (χ4v) is 3.28. The van der Waals surface area contributed by atoms with Crippen LogP contribution in [0.25, 0.3) is 0 Å². The van der Waals surface area contributed by atoms with Crippen molar-refractivity contribution < 1.29 is 13.2 Å². The van der Waals surface area contributed by atoms with E-state index in [1.807, 2.05) is 6.92 Å². The Bertz CT molecular complexity index is 584. The van der Waals surface area contributed by atoms with Gasteiger partial charge in [0.25, 0.3) is 5.91 Å². The molecule has 0 saturated carbocycles. The highest BCUT2D eigenvalue weighted by Crippen LogP contribution is 2.17. The average Bonchev–Trinajstić information content (AvgIpc) is 2.37. The topological polar surface area (TPSA) is 92.5 Å². The maximum Gasteiger partial charge on any atom is 0.254 e. The van der Waals surface area contributed by atoms with Crippen LogP contribution < -0.4 is 11.3 Å². The number of anilines is 1. The van der Waals surface area contributed by atoms with Crippen LogP contribution in [0.3, 0.4) is 0 Å². The summed E-state index contributed by atoms with van der Waals surface area (Å²) in [6, 6.07) is 5.21. The van der Waals surface area contributed by atoms with Gasteiger partial charge in [-0.1, -0.05) is 0 Å². The molecule has 3 N–H and O–H groups in total. The second-order valence-electron chi connectivity index (χ2n) is 4.62. The van der Waals surface area contributed by atoms with Crippen LogP contribution in [0.4, 0.5) is 5.69 Å². The van der Waals surface area contributed by atoms with Crippen molar-refractivity contribution in [3.8, 4) is 0 Å². The largest absolute Gasteiger partial charge is 0.337 e. The van der Waals surface area contributed by atoms with Crippen molar-refractivity contribution in [1.82, 2.24) is 4.90 Å². The zero-order valence-electron chi connectivity index (χ0n) is 10.7. The number of nitrogens with two attached hydrogens (primary N) is 1. The lowest BCUT2D eigenvalue weighted by Crippen LogP contribution is -2.43. The van der Waals surface area contributed by atoms with Gasteiger partial charge in [-0.15, -0.1) is 0 Å². The molecule has 6 nitrogen and oxygen atoms in total. The number of hydrazine groups is 1. The van der Waals surface area contributed by atoms with Gasteiger partial charge in [-0.05, 0) is 30.7 Å². The maximum atomic E-state index is 12.3. The van der Waals surface area contributed by atoms with Gasteiger partial charge in [0.05, 0.1) is 11.5 Å². The van der Waals surface area contributed by atoms with E-state index in [9.17, 15) is 13.2 Å². The first-order chi connectivity index (χ1) is 8.93. The highest BCUT2D eigenvalue weighted by Gasteiger charge is 2.26. The third-order valence-corrected chi connectivity index (χ3v) is 4.86. The number of hydrogen-bond donors (Lipinski definition) is 2. The van der Waals surface area contributed by atoms with Crippen LogP contribution in [-0.2, 0) is 9.84 Å². The quantitative estimate of drug-likeness (QED) is 0.595. The van der Waals surface area contributed by atoms with E-state index >= 15 is 0 Å². The van der Waals surface area contributed by atoms with Crippen molar-refractivity contribution in [2.45, 2.75) is 6.92 Å². The van der Waals surface area contributed by atoms with Crippen LogP contribution in [0.15, 0.2) is 18.2 Å². The zero-order chi connectivity index (χ0) is 14.0. The maximum absolute atomic E-state index is 12.3. The molecule has 0 unspecified atom stereocenters. The van der Waals surface area contributed by atoms with Crippen molar-refractivity contribution in [1.29, 1.82) is 0 Å². The van der Waals surface area contributed by atoms with Gasteiger partial charge in [-0.2, -0.15) is 0 Å². The number of carbonyl (C=O) groups is 1. The molecule has 1 aliphatic rings. The number of aryl methyl sites for hydroxylation is 1. The summed E-state index contributed by atoms with van der Waals surface area (Å²) in [5, 5.41) is 0. The average molecular weight is 283 g/mol. The van der Waals surface area contributed by atoms with Crippen LogP contribution in [-0.4, -0.2) is 43.8 Å². The molecule has 7 heteroatoms. The third-order valence-electron chi connectivity index (χ3n) is 3.26. The van der Waals surface area contributed by atoms with Gasteiger partial charge in [0.1, 0.15) is 0 Å². The molecule has 0 aliphatic carbocycles. The Morgan fingerprint density at radius 3 is 2.47 bits per heavy atom. The summed E-state index contributed by atoms with van der Waals surface area (Å²) in [7, 11) is -2.97. The molecule has 1 aliphatic heterocycles. The van der Waals surface area contributed by atoms with E-state index in [4.69, 9.17) is 5.84 Å². The number of sulfone groups is 1. The zero-order valence-corrected chi connectivity index (χ0v) is 11.5. The number of rotatable bonds is 2. The Morgan fingerprint density at radius 2 is 1.95 bits per heavy atom. The molecule has 1 amide bonds. The van der Waals surface area contributed by atoms with Crippen LogP contribution in [0, 0.1) is 6.92 Å². The Hall–Kier alpha value is -1.60. The van der Waals surface area contributed by atoms with Gasteiger partial charge >= 0.3 is 0 Å². The summed E-state index contributed by atoms with van der Waals surface area (Å²) in [5.74, 6) is 5.26. The number of nitrogen functional groups attached to an aromatic ring is 1. The third kappa shape index (κ3) is 3.05. The predicted molar refractivity (Wildman–Crippen MR) is 73.5 cm³/mol. The highest BCUT2D eigenvalue weighted by atomic mass is 32.2. The lowest BCUT2D eigenvalue weighted by molar-refractivity contribution is 0.0769. The fraction of sp³-hybridized carbons (Fsp3) is 0.417. The normalized spacial score (nSPS) is 18.1. The summed E-state index contributed by atoms with van der Waals surface area (Å²) in [5.41, 5.74) is 4.65. The number of amides is 1. The first-order valence-corrected chi connectivity index (χ1v) is 7.82. The van der Waals surface area contributed by atoms with Crippen molar-refractivity contribution in [3.05, 3.63) is 29.3 Å². The second kappa shape index (κ2) is 5.18. The lowest BCUT2D eigenvalue weighted by atomic mass is 10.1. The van der Waals surface area contributed by atoms with E-state index in [0.29, 0.717) is 5.56 Å². The van der Waals surface area contributed by atoms with Crippen molar-refractivity contribution in [3.63, 3.8) is 0 Å². The van der Waals surface area contributed by atoms with Crippen molar-refractivity contribution in [2.75, 3.05) is 30.0 Å². The smallest absolute Gasteiger partial charge is 0.254 e. The minimum Gasteiger partial charge on any atom is -0.337 e. The van der Waals surface area contributed by atoms with Gasteiger partial charge < -0.3 is 10.3 Å². The minimum atomic E-state index is -2.97. The SMILES string of the molecule is Cc1cc(NN)ccc1C(=O)N1CCS(=O)(=O)CC1. The first-order valence-electron chi connectivity index (χ1n) is 6.00. The van der Waals surface area contributed by atoms with Crippen LogP contribution >= 0.6 is 0 Å². The van der Waals surface area contributed by atoms with Gasteiger partial charge in [-0.25, -0.2) is 8.42 Å². The van der Waals surface area contributed by atoms with Crippen molar-refractivity contribution in [2.24, 2.45) is 5.84 Å². The summed E-state index contributed by atoms with van der Waals surface area (Å²) in [4.78, 5) is 13.9. The predicted octanol–water partition coefficient (Wildman–Crippen LogP) is 0.151. The van der Waals surface area contributed by atoms with Crippen molar-refractivity contribution >= 4 is 21.4 Å². The molecule has 1 aromatic carbocycles. The summed E-state index contributed by atoms with van der Waals surface area (Å²) >= 11 is 0. The Balaban J connectivity index is 2.16. The van der Waals surface area contributed by atoms with Gasteiger partial charge in [0.2, 0.25) is 0 Å². The number of nitrogens with one attached hydrogen (secondary N) is 1. The van der Waals surface area contributed by atoms with E-state index in [1.54, 1.807) is 23.1 Å². The molecule has 104 valence electrons. The highest BCUT2D eigenvalue weighted by molar-refractivity contribution is 7.91. The molecule has 0 bridgehead atoms. The first kappa shape index (κ1) is 13.8. The summed E-state index contributed by atoms with van der Waals surface area (Å²) < 4.78 is 22.7. The summed E-state index contributed by atoms with van der Waals surface area (Å²) in [6.07, 6.45) is 0. The molecule has 1 fully saturated rings. The molecule has 0 atom stereocenters. The molecule has 0 radical (unpaired) electrons. The van der Waals surface area contributed by atoms with E-state index in [1.165, 1.54) is 0 Å². The standard InChI is InChI=1S/C12H17N3O3S/c1-9-8-10(14-13)2-3-11(9)12(16)15-4-6-19(17,18)7-5-15/h2-3,8,14H,4-7,13H2,1H3. The Morgan fingerprint density at radius 1 is 1.32 bits per heavy atom. The molecule has 1 aromatic rings. The molecule has 19 heavy (non-hydrogen) atoms. The molecule has 1 saturated heterocycles. The van der Waals surface area contributed by atoms with E-state index in [-0.39, 0.29) is 30.5 Å². The molecule has 1 heterocycles. The molecule has 2 rings (SSSR count). The fourth-order valence-electron chi connectivity index (χ4n) is 2.08.